The van der Waals surface area contributed by atoms with Crippen LogP contribution in [0.3, 0.4) is 0 Å². The number of hydrogen-bond acceptors (Lipinski definition) is 1. The van der Waals surface area contributed by atoms with Gasteiger partial charge in [-0.25, -0.2) is 0 Å². The third-order valence-corrected chi connectivity index (χ3v) is 10.2. The van der Waals surface area contributed by atoms with E-state index in [2.05, 4.69) is 147 Å². The van der Waals surface area contributed by atoms with Gasteiger partial charge in [-0.05, 0) is 135 Å². The second-order valence-electron chi connectivity index (χ2n) is 13.1. The SMILES string of the molecule is C=C/C=C(\C)N(c1cc(C)cc(-c2ccccc2)c1)c1cc2c(c3c1-c1ccccc1C3)-c1c(ccc3c1-c1ccccc1C3)C2.CC. The number of anilines is 2. The Balaban J connectivity index is 0.00000165. The van der Waals surface area contributed by atoms with E-state index in [1.807, 2.05) is 19.9 Å². The molecule has 0 fully saturated rings. The summed E-state index contributed by atoms with van der Waals surface area (Å²) in [6.45, 7) is 12.5. The Hall–Kier alpha value is -5.40. The van der Waals surface area contributed by atoms with E-state index >= 15 is 0 Å². The fourth-order valence-corrected chi connectivity index (χ4v) is 8.37. The van der Waals surface area contributed by atoms with E-state index < -0.39 is 0 Å². The quantitative estimate of drug-likeness (QED) is 0.173. The van der Waals surface area contributed by atoms with Gasteiger partial charge in [-0.3, -0.25) is 0 Å². The maximum absolute atomic E-state index is 4.10. The van der Waals surface area contributed by atoms with Gasteiger partial charge >= 0.3 is 0 Å². The molecular weight excluding hydrogens is 579 g/mol. The first-order valence-corrected chi connectivity index (χ1v) is 17.4. The van der Waals surface area contributed by atoms with E-state index in [1.165, 1.54) is 94.8 Å². The molecule has 0 bridgehead atoms. The van der Waals surface area contributed by atoms with Gasteiger partial charge in [0.05, 0.1) is 5.69 Å². The van der Waals surface area contributed by atoms with Crippen LogP contribution in [0.1, 0.15) is 59.7 Å². The molecule has 0 N–H and O–H groups in total. The smallest absolute Gasteiger partial charge is 0.0542 e. The predicted octanol–water partition coefficient (Wildman–Crippen LogP) is 12.6. The first-order chi connectivity index (χ1) is 23.6. The zero-order valence-corrected chi connectivity index (χ0v) is 28.4. The van der Waals surface area contributed by atoms with Crippen LogP contribution in [0.2, 0.25) is 0 Å². The van der Waals surface area contributed by atoms with Gasteiger partial charge in [0.15, 0.2) is 0 Å². The Bertz CT molecular complexity index is 2270. The van der Waals surface area contributed by atoms with Crippen LogP contribution in [-0.2, 0) is 19.3 Å². The number of fused-ring (bicyclic) bond motifs is 11. The summed E-state index contributed by atoms with van der Waals surface area (Å²) in [5.41, 5.74) is 24.5. The molecule has 0 amide bonds. The summed E-state index contributed by atoms with van der Waals surface area (Å²) < 4.78 is 0. The van der Waals surface area contributed by atoms with Crippen molar-refractivity contribution in [2.45, 2.75) is 47.0 Å². The number of hydrogen-bond donors (Lipinski definition) is 0. The molecule has 0 saturated carbocycles. The standard InChI is InChI=1S/C45H35N.C2H6/c1-4-12-29(3)46(37-22-28(2)21-35(25-37)30-13-6-5-7-14-30)41-27-36-24-34-20-19-33-23-31-15-8-10-17-38(31)42(33)44(34)43(36)40-26-32-16-9-11-18-39(32)45(40)41;1-2/h4-22,25,27H,1,23-24,26H2,2-3H3;1-2H3/b29-12+;. The fraction of sp³-hybridized carbons (Fsp3) is 0.149. The van der Waals surface area contributed by atoms with E-state index in [0.717, 1.165) is 25.0 Å². The molecule has 6 aromatic carbocycles. The maximum Gasteiger partial charge on any atom is 0.0542 e. The van der Waals surface area contributed by atoms with Crippen molar-refractivity contribution in [1.29, 1.82) is 0 Å². The fourth-order valence-electron chi connectivity index (χ4n) is 8.37. The normalized spacial score (nSPS) is 13.0. The van der Waals surface area contributed by atoms with Gasteiger partial charge in [0.25, 0.3) is 0 Å². The van der Waals surface area contributed by atoms with Crippen molar-refractivity contribution in [3.05, 3.63) is 179 Å². The Kier molecular flexibility index (Phi) is 7.49. The van der Waals surface area contributed by atoms with Crippen LogP contribution < -0.4 is 4.90 Å². The molecule has 0 unspecified atom stereocenters. The number of rotatable bonds is 5. The lowest BCUT2D eigenvalue weighted by Gasteiger charge is -2.30. The van der Waals surface area contributed by atoms with Crippen LogP contribution in [0.5, 0.6) is 0 Å². The predicted molar refractivity (Wildman–Crippen MR) is 205 cm³/mol. The molecule has 0 radical (unpaired) electrons. The Morgan fingerprint density at radius 3 is 1.94 bits per heavy atom. The summed E-state index contributed by atoms with van der Waals surface area (Å²) in [6, 6.07) is 43.0. The third kappa shape index (κ3) is 4.68. The zero-order chi connectivity index (χ0) is 32.9. The molecule has 0 aromatic heterocycles. The largest absolute Gasteiger partial charge is 0.314 e. The van der Waals surface area contributed by atoms with Crippen LogP contribution in [0.15, 0.2) is 140 Å². The lowest BCUT2D eigenvalue weighted by Crippen LogP contribution is -2.16. The highest BCUT2D eigenvalue weighted by atomic mass is 15.1. The topological polar surface area (TPSA) is 3.24 Å². The highest BCUT2D eigenvalue weighted by Crippen LogP contribution is 2.57. The van der Waals surface area contributed by atoms with E-state index in [0.29, 0.717) is 0 Å². The lowest BCUT2D eigenvalue weighted by atomic mass is 9.88. The van der Waals surface area contributed by atoms with Crippen molar-refractivity contribution in [1.82, 2.24) is 0 Å². The maximum atomic E-state index is 4.10. The Labute approximate surface area is 285 Å². The molecule has 3 aliphatic rings. The summed E-state index contributed by atoms with van der Waals surface area (Å²) in [7, 11) is 0. The highest BCUT2D eigenvalue weighted by Gasteiger charge is 2.36. The van der Waals surface area contributed by atoms with Crippen molar-refractivity contribution >= 4 is 11.4 Å². The van der Waals surface area contributed by atoms with E-state index in [4.69, 9.17) is 0 Å². The van der Waals surface area contributed by atoms with E-state index in [9.17, 15) is 0 Å². The minimum atomic E-state index is 0.952. The van der Waals surface area contributed by atoms with Crippen molar-refractivity contribution in [3.63, 3.8) is 0 Å². The second-order valence-corrected chi connectivity index (χ2v) is 13.1. The van der Waals surface area contributed by atoms with Crippen molar-refractivity contribution in [2.75, 3.05) is 4.90 Å². The summed E-state index contributed by atoms with van der Waals surface area (Å²) >= 11 is 0. The molecule has 0 saturated heterocycles. The molecule has 1 heteroatoms. The number of nitrogens with zero attached hydrogens (tertiary/aromatic N) is 1. The first kappa shape index (κ1) is 30.0. The summed E-state index contributed by atoms with van der Waals surface area (Å²) in [4.78, 5) is 2.48. The third-order valence-electron chi connectivity index (χ3n) is 10.2. The highest BCUT2D eigenvalue weighted by molar-refractivity contribution is 6.03. The lowest BCUT2D eigenvalue weighted by molar-refractivity contribution is 1.14. The molecule has 0 atom stereocenters. The van der Waals surface area contributed by atoms with Gasteiger partial charge in [0, 0.05) is 16.9 Å². The van der Waals surface area contributed by atoms with Gasteiger partial charge in [-0.2, -0.15) is 0 Å². The molecule has 0 aliphatic heterocycles. The zero-order valence-electron chi connectivity index (χ0n) is 28.4. The van der Waals surface area contributed by atoms with E-state index in [-0.39, 0.29) is 0 Å². The molecule has 1 nitrogen and oxygen atoms in total. The van der Waals surface area contributed by atoms with Gasteiger partial charge in [-0.1, -0.05) is 124 Å². The molecule has 3 aliphatic carbocycles. The number of benzene rings is 6. The molecule has 0 heterocycles. The minimum absolute atomic E-state index is 0.952. The second kappa shape index (κ2) is 12.0. The molecule has 6 aromatic rings. The van der Waals surface area contributed by atoms with E-state index in [1.54, 1.807) is 0 Å². The Morgan fingerprint density at radius 2 is 1.21 bits per heavy atom. The molecule has 0 spiro atoms. The molecular formula is C47H41N. The van der Waals surface area contributed by atoms with Crippen LogP contribution in [0.4, 0.5) is 11.4 Å². The van der Waals surface area contributed by atoms with Gasteiger partial charge in [0.1, 0.15) is 0 Å². The van der Waals surface area contributed by atoms with Crippen LogP contribution >= 0.6 is 0 Å². The summed E-state index contributed by atoms with van der Waals surface area (Å²) in [5.74, 6) is 0. The number of aryl methyl sites for hydroxylation is 1. The van der Waals surface area contributed by atoms with Crippen molar-refractivity contribution in [2.24, 2.45) is 0 Å². The minimum Gasteiger partial charge on any atom is -0.314 e. The van der Waals surface area contributed by atoms with Gasteiger partial charge < -0.3 is 4.90 Å². The summed E-state index contributed by atoms with van der Waals surface area (Å²) in [5, 5.41) is 0. The average Bonchev–Trinajstić information content (AvgIpc) is 3.80. The average molecular weight is 620 g/mol. The number of allylic oxidation sites excluding steroid dienone is 3. The summed E-state index contributed by atoms with van der Waals surface area (Å²) in [6.07, 6.45) is 6.98. The van der Waals surface area contributed by atoms with Crippen molar-refractivity contribution in [3.8, 4) is 44.5 Å². The van der Waals surface area contributed by atoms with Crippen LogP contribution in [-0.4, -0.2) is 0 Å². The van der Waals surface area contributed by atoms with Crippen LogP contribution in [0.25, 0.3) is 44.5 Å². The molecule has 48 heavy (non-hydrogen) atoms. The van der Waals surface area contributed by atoms with Gasteiger partial charge in [0.2, 0.25) is 0 Å². The van der Waals surface area contributed by atoms with Crippen molar-refractivity contribution < 1.29 is 0 Å². The first-order valence-electron chi connectivity index (χ1n) is 17.4. The molecule has 9 rings (SSSR count). The molecule has 234 valence electrons. The monoisotopic (exact) mass is 619 g/mol. The van der Waals surface area contributed by atoms with Gasteiger partial charge in [-0.15, -0.1) is 0 Å². The Morgan fingerprint density at radius 1 is 0.583 bits per heavy atom. The van der Waals surface area contributed by atoms with Crippen LogP contribution in [0, 0.1) is 6.92 Å².